The van der Waals surface area contributed by atoms with Crippen molar-refractivity contribution in [2.45, 2.75) is 6.61 Å². The summed E-state index contributed by atoms with van der Waals surface area (Å²) in [7, 11) is 1.54. The number of phenols is 1. The van der Waals surface area contributed by atoms with Crippen LogP contribution >= 0.6 is 0 Å². The monoisotopic (exact) mass is 256 g/mol. The number of hydrogen-bond donors (Lipinski definition) is 1. The maximum atomic E-state index is 9.66. The molecule has 3 nitrogen and oxygen atoms in total. The standard InChI is InChI=1S/C16H16O3/c1-12(18-2)14-8-15(17)10-16(9-14)19-11-13-6-4-3-5-7-13/h3-10,17H,1,11H2,2H3. The Labute approximate surface area is 112 Å². The van der Waals surface area contributed by atoms with Crippen LogP contribution in [0, 0.1) is 0 Å². The van der Waals surface area contributed by atoms with Gasteiger partial charge in [0.2, 0.25) is 0 Å². The lowest BCUT2D eigenvalue weighted by atomic mass is 10.1. The van der Waals surface area contributed by atoms with Crippen LogP contribution in [0.2, 0.25) is 0 Å². The first-order valence-corrected chi connectivity index (χ1v) is 5.93. The van der Waals surface area contributed by atoms with Crippen molar-refractivity contribution in [3.63, 3.8) is 0 Å². The molecule has 3 heteroatoms. The Morgan fingerprint density at radius 3 is 2.58 bits per heavy atom. The van der Waals surface area contributed by atoms with Gasteiger partial charge in [-0.25, -0.2) is 0 Å². The minimum atomic E-state index is 0.124. The van der Waals surface area contributed by atoms with Gasteiger partial charge in [0, 0.05) is 11.6 Å². The first kappa shape index (κ1) is 13.0. The summed E-state index contributed by atoms with van der Waals surface area (Å²) in [6, 6.07) is 14.8. The summed E-state index contributed by atoms with van der Waals surface area (Å²) < 4.78 is 10.7. The van der Waals surface area contributed by atoms with Crippen molar-refractivity contribution < 1.29 is 14.6 Å². The van der Waals surface area contributed by atoms with E-state index in [9.17, 15) is 5.11 Å². The number of hydrogen-bond acceptors (Lipinski definition) is 3. The van der Waals surface area contributed by atoms with Crippen molar-refractivity contribution in [3.05, 3.63) is 66.2 Å². The largest absolute Gasteiger partial charge is 0.508 e. The minimum absolute atomic E-state index is 0.124. The summed E-state index contributed by atoms with van der Waals surface area (Å²) in [6.07, 6.45) is 0. The zero-order chi connectivity index (χ0) is 13.7. The van der Waals surface area contributed by atoms with E-state index in [1.807, 2.05) is 30.3 Å². The number of ether oxygens (including phenoxy) is 2. The third kappa shape index (κ3) is 3.52. The number of methoxy groups -OCH3 is 1. The molecule has 2 aromatic rings. The molecule has 0 saturated carbocycles. The van der Waals surface area contributed by atoms with Crippen LogP contribution < -0.4 is 4.74 Å². The Kier molecular flexibility index (Phi) is 4.08. The van der Waals surface area contributed by atoms with Crippen molar-refractivity contribution in [2.24, 2.45) is 0 Å². The quantitative estimate of drug-likeness (QED) is 0.831. The van der Waals surface area contributed by atoms with Gasteiger partial charge in [-0.2, -0.15) is 0 Å². The number of rotatable bonds is 5. The lowest BCUT2D eigenvalue weighted by Crippen LogP contribution is -1.96. The lowest BCUT2D eigenvalue weighted by molar-refractivity contribution is 0.303. The summed E-state index contributed by atoms with van der Waals surface area (Å²) in [5.41, 5.74) is 1.77. The van der Waals surface area contributed by atoms with Crippen molar-refractivity contribution in [1.82, 2.24) is 0 Å². The van der Waals surface area contributed by atoms with E-state index >= 15 is 0 Å². The molecular weight excluding hydrogens is 240 g/mol. The zero-order valence-electron chi connectivity index (χ0n) is 10.8. The number of benzene rings is 2. The predicted molar refractivity (Wildman–Crippen MR) is 74.9 cm³/mol. The fraction of sp³-hybridized carbons (Fsp3) is 0.125. The minimum Gasteiger partial charge on any atom is -0.508 e. The first-order valence-electron chi connectivity index (χ1n) is 5.93. The topological polar surface area (TPSA) is 38.7 Å². The molecule has 1 N–H and O–H groups in total. The second-order valence-corrected chi connectivity index (χ2v) is 4.12. The highest BCUT2D eigenvalue weighted by Gasteiger charge is 2.05. The lowest BCUT2D eigenvalue weighted by Gasteiger charge is -2.10. The number of aromatic hydroxyl groups is 1. The Hall–Kier alpha value is -2.42. The second kappa shape index (κ2) is 5.96. The third-order valence-electron chi connectivity index (χ3n) is 2.71. The normalized spacial score (nSPS) is 9.95. The van der Waals surface area contributed by atoms with Crippen LogP contribution in [0.1, 0.15) is 11.1 Å². The molecule has 0 spiro atoms. The summed E-state index contributed by atoms with van der Waals surface area (Å²) >= 11 is 0. The Balaban J connectivity index is 2.12. The van der Waals surface area contributed by atoms with E-state index < -0.39 is 0 Å². The van der Waals surface area contributed by atoms with Crippen molar-refractivity contribution in [1.29, 1.82) is 0 Å². The summed E-state index contributed by atoms with van der Waals surface area (Å²) in [5.74, 6) is 1.19. The zero-order valence-corrected chi connectivity index (χ0v) is 10.8. The highest BCUT2D eigenvalue weighted by molar-refractivity contribution is 5.61. The fourth-order valence-corrected chi connectivity index (χ4v) is 1.69. The van der Waals surface area contributed by atoms with Crippen molar-refractivity contribution in [2.75, 3.05) is 7.11 Å². The van der Waals surface area contributed by atoms with E-state index in [0.29, 0.717) is 23.7 Å². The van der Waals surface area contributed by atoms with Crippen molar-refractivity contribution >= 4 is 5.76 Å². The molecule has 0 saturated heterocycles. The molecule has 0 aromatic heterocycles. The maximum absolute atomic E-state index is 9.66. The van der Waals surface area contributed by atoms with Crippen LogP contribution in [-0.2, 0) is 11.3 Å². The molecule has 0 aliphatic carbocycles. The molecule has 19 heavy (non-hydrogen) atoms. The predicted octanol–water partition coefficient (Wildman–Crippen LogP) is 3.59. The molecule has 0 bridgehead atoms. The highest BCUT2D eigenvalue weighted by atomic mass is 16.5. The Morgan fingerprint density at radius 2 is 1.89 bits per heavy atom. The molecule has 2 rings (SSSR count). The van der Waals surface area contributed by atoms with Gasteiger partial charge in [-0.1, -0.05) is 36.9 Å². The molecule has 2 aromatic carbocycles. The summed E-state index contributed by atoms with van der Waals surface area (Å²) in [4.78, 5) is 0. The van der Waals surface area contributed by atoms with E-state index in [2.05, 4.69) is 6.58 Å². The van der Waals surface area contributed by atoms with E-state index in [0.717, 1.165) is 5.56 Å². The van der Waals surface area contributed by atoms with E-state index in [1.54, 1.807) is 18.2 Å². The van der Waals surface area contributed by atoms with Crippen LogP contribution in [0.4, 0.5) is 0 Å². The summed E-state index contributed by atoms with van der Waals surface area (Å²) in [5, 5.41) is 9.66. The average molecular weight is 256 g/mol. The first-order chi connectivity index (χ1) is 9.19. The van der Waals surface area contributed by atoms with Gasteiger partial charge in [-0.15, -0.1) is 0 Å². The smallest absolute Gasteiger partial charge is 0.124 e. The second-order valence-electron chi connectivity index (χ2n) is 4.12. The SMILES string of the molecule is C=C(OC)c1cc(O)cc(OCc2ccccc2)c1. The molecule has 0 radical (unpaired) electrons. The summed E-state index contributed by atoms with van der Waals surface area (Å²) in [6.45, 7) is 4.20. The third-order valence-corrected chi connectivity index (χ3v) is 2.71. The highest BCUT2D eigenvalue weighted by Crippen LogP contribution is 2.26. The molecule has 0 heterocycles. The van der Waals surface area contributed by atoms with Crippen LogP contribution in [0.3, 0.4) is 0 Å². The van der Waals surface area contributed by atoms with Gasteiger partial charge in [0.1, 0.15) is 23.9 Å². The van der Waals surface area contributed by atoms with Gasteiger partial charge in [-0.05, 0) is 17.7 Å². The molecule has 0 aliphatic rings. The van der Waals surface area contributed by atoms with Gasteiger partial charge in [0.15, 0.2) is 0 Å². The van der Waals surface area contributed by atoms with Gasteiger partial charge >= 0.3 is 0 Å². The molecule has 98 valence electrons. The maximum Gasteiger partial charge on any atom is 0.124 e. The van der Waals surface area contributed by atoms with Gasteiger partial charge in [-0.3, -0.25) is 0 Å². The van der Waals surface area contributed by atoms with Crippen LogP contribution in [0.5, 0.6) is 11.5 Å². The van der Waals surface area contributed by atoms with Crippen LogP contribution in [-0.4, -0.2) is 12.2 Å². The molecular formula is C16H16O3. The Morgan fingerprint density at radius 1 is 1.16 bits per heavy atom. The Bertz CT molecular complexity index is 561. The molecule has 0 atom stereocenters. The fourth-order valence-electron chi connectivity index (χ4n) is 1.69. The van der Waals surface area contributed by atoms with E-state index in [1.165, 1.54) is 7.11 Å². The molecule has 0 aliphatic heterocycles. The van der Waals surface area contributed by atoms with Gasteiger partial charge in [0.05, 0.1) is 7.11 Å². The molecule has 0 fully saturated rings. The van der Waals surface area contributed by atoms with Gasteiger partial charge in [0.25, 0.3) is 0 Å². The van der Waals surface area contributed by atoms with Crippen LogP contribution in [0.15, 0.2) is 55.1 Å². The van der Waals surface area contributed by atoms with Crippen LogP contribution in [0.25, 0.3) is 5.76 Å². The molecule has 0 unspecified atom stereocenters. The average Bonchev–Trinajstić information content (AvgIpc) is 2.45. The molecule has 0 amide bonds. The van der Waals surface area contributed by atoms with Gasteiger partial charge < -0.3 is 14.6 Å². The number of phenolic OH excluding ortho intramolecular Hbond substituents is 1. The van der Waals surface area contributed by atoms with Crippen molar-refractivity contribution in [3.8, 4) is 11.5 Å². The van der Waals surface area contributed by atoms with E-state index in [-0.39, 0.29) is 5.75 Å². The van der Waals surface area contributed by atoms with E-state index in [4.69, 9.17) is 9.47 Å².